The van der Waals surface area contributed by atoms with Crippen molar-refractivity contribution in [2.24, 2.45) is 0 Å². The molecular formula is C8H9NO5. The number of methoxy groups -OCH3 is 1. The van der Waals surface area contributed by atoms with E-state index in [-0.39, 0.29) is 6.61 Å². The SMILES string of the molecule is COC[C@@H](C(=O)O)N1C(=O)C=CC1=O. The van der Waals surface area contributed by atoms with Crippen molar-refractivity contribution in [1.29, 1.82) is 0 Å². The van der Waals surface area contributed by atoms with Gasteiger partial charge in [-0.1, -0.05) is 0 Å². The van der Waals surface area contributed by atoms with Crippen molar-refractivity contribution < 1.29 is 24.2 Å². The summed E-state index contributed by atoms with van der Waals surface area (Å²) < 4.78 is 4.62. The first kappa shape index (κ1) is 10.4. The zero-order chi connectivity index (χ0) is 10.7. The van der Waals surface area contributed by atoms with Gasteiger partial charge in [-0.3, -0.25) is 14.5 Å². The van der Waals surface area contributed by atoms with Gasteiger partial charge in [0.25, 0.3) is 11.8 Å². The lowest BCUT2D eigenvalue weighted by molar-refractivity contribution is -0.155. The molecule has 1 aliphatic rings. The zero-order valence-electron chi connectivity index (χ0n) is 7.47. The van der Waals surface area contributed by atoms with Crippen LogP contribution in [-0.4, -0.2) is 47.5 Å². The Kier molecular flexibility index (Phi) is 2.98. The Hall–Kier alpha value is -1.69. The maximum atomic E-state index is 11.1. The number of carboxylic acids is 1. The van der Waals surface area contributed by atoms with Crippen molar-refractivity contribution in [3.63, 3.8) is 0 Å². The van der Waals surface area contributed by atoms with Crippen LogP contribution >= 0.6 is 0 Å². The van der Waals surface area contributed by atoms with Crippen molar-refractivity contribution in [2.45, 2.75) is 6.04 Å². The lowest BCUT2D eigenvalue weighted by Crippen LogP contribution is -2.47. The number of carbonyl (C=O) groups excluding carboxylic acids is 2. The molecule has 0 radical (unpaired) electrons. The molecule has 0 fully saturated rings. The second kappa shape index (κ2) is 4.01. The van der Waals surface area contributed by atoms with E-state index in [9.17, 15) is 14.4 Å². The highest BCUT2D eigenvalue weighted by Crippen LogP contribution is 2.09. The van der Waals surface area contributed by atoms with E-state index >= 15 is 0 Å². The van der Waals surface area contributed by atoms with E-state index in [1.165, 1.54) is 7.11 Å². The monoisotopic (exact) mass is 199 g/mol. The third-order valence-electron chi connectivity index (χ3n) is 1.76. The minimum absolute atomic E-state index is 0.214. The molecule has 0 saturated carbocycles. The number of amides is 2. The Labute approximate surface area is 79.8 Å². The summed E-state index contributed by atoms with van der Waals surface area (Å²) in [5.74, 6) is -2.52. The number of ether oxygens (including phenoxy) is 1. The Morgan fingerprint density at radius 2 is 2.00 bits per heavy atom. The van der Waals surface area contributed by atoms with Crippen LogP contribution in [0.2, 0.25) is 0 Å². The van der Waals surface area contributed by atoms with Crippen LogP contribution in [0.5, 0.6) is 0 Å². The van der Waals surface area contributed by atoms with Crippen molar-refractivity contribution in [3.05, 3.63) is 12.2 Å². The molecule has 76 valence electrons. The Morgan fingerprint density at radius 1 is 1.50 bits per heavy atom. The summed E-state index contributed by atoms with van der Waals surface area (Å²) in [7, 11) is 1.30. The molecule has 6 heteroatoms. The number of hydrogen-bond acceptors (Lipinski definition) is 4. The van der Waals surface area contributed by atoms with Gasteiger partial charge in [0, 0.05) is 19.3 Å². The van der Waals surface area contributed by atoms with E-state index in [1.807, 2.05) is 0 Å². The van der Waals surface area contributed by atoms with E-state index in [4.69, 9.17) is 5.11 Å². The molecule has 1 rings (SSSR count). The van der Waals surface area contributed by atoms with Crippen molar-refractivity contribution in [3.8, 4) is 0 Å². The quantitative estimate of drug-likeness (QED) is 0.588. The molecule has 0 bridgehead atoms. The molecule has 0 aromatic rings. The standard InChI is InChI=1S/C8H9NO5/c1-14-4-5(8(12)13)9-6(10)2-3-7(9)11/h2-3,5H,4H2,1H3,(H,12,13)/t5-/m0/s1. The van der Waals surface area contributed by atoms with Gasteiger partial charge in [0.2, 0.25) is 0 Å². The van der Waals surface area contributed by atoms with Crippen molar-refractivity contribution >= 4 is 17.8 Å². The van der Waals surface area contributed by atoms with Crippen LogP contribution in [0, 0.1) is 0 Å². The van der Waals surface area contributed by atoms with E-state index in [2.05, 4.69) is 4.74 Å². The first-order valence-corrected chi connectivity index (χ1v) is 3.85. The zero-order valence-corrected chi connectivity index (χ0v) is 7.47. The topological polar surface area (TPSA) is 83.9 Å². The number of carboxylic acid groups (broad SMARTS) is 1. The highest BCUT2D eigenvalue weighted by molar-refractivity contribution is 6.14. The summed E-state index contributed by atoms with van der Waals surface area (Å²) >= 11 is 0. The Balaban J connectivity index is 2.83. The average molecular weight is 199 g/mol. The number of imide groups is 1. The van der Waals surface area contributed by atoms with Crippen LogP contribution in [0.3, 0.4) is 0 Å². The fraction of sp³-hybridized carbons (Fsp3) is 0.375. The number of aliphatic carboxylic acids is 1. The van der Waals surface area contributed by atoms with Gasteiger partial charge in [0.05, 0.1) is 6.61 Å². The van der Waals surface area contributed by atoms with E-state index < -0.39 is 23.8 Å². The number of hydrogen-bond donors (Lipinski definition) is 1. The molecular weight excluding hydrogens is 190 g/mol. The number of rotatable bonds is 4. The lowest BCUT2D eigenvalue weighted by atomic mass is 10.3. The van der Waals surface area contributed by atoms with Gasteiger partial charge in [-0.25, -0.2) is 4.79 Å². The van der Waals surface area contributed by atoms with E-state index in [0.29, 0.717) is 4.90 Å². The molecule has 0 unspecified atom stereocenters. The van der Waals surface area contributed by atoms with Gasteiger partial charge in [-0.05, 0) is 0 Å². The molecule has 0 aromatic carbocycles. The Morgan fingerprint density at radius 3 is 2.36 bits per heavy atom. The smallest absolute Gasteiger partial charge is 0.329 e. The maximum Gasteiger partial charge on any atom is 0.329 e. The molecule has 1 heterocycles. The number of nitrogens with zero attached hydrogens (tertiary/aromatic N) is 1. The minimum atomic E-state index is -1.27. The third-order valence-corrected chi connectivity index (χ3v) is 1.76. The molecule has 0 aliphatic carbocycles. The molecule has 2 amide bonds. The third kappa shape index (κ3) is 1.80. The fourth-order valence-electron chi connectivity index (χ4n) is 1.13. The maximum absolute atomic E-state index is 11.1. The van der Waals surface area contributed by atoms with E-state index in [0.717, 1.165) is 12.2 Å². The summed E-state index contributed by atoms with van der Waals surface area (Å²) in [5.41, 5.74) is 0. The molecule has 0 aromatic heterocycles. The molecule has 14 heavy (non-hydrogen) atoms. The minimum Gasteiger partial charge on any atom is -0.480 e. The van der Waals surface area contributed by atoms with Crippen LogP contribution in [0.1, 0.15) is 0 Å². The second-order valence-electron chi connectivity index (χ2n) is 2.69. The Bertz CT molecular complexity index is 291. The molecule has 6 nitrogen and oxygen atoms in total. The lowest BCUT2D eigenvalue weighted by Gasteiger charge is -2.21. The van der Waals surface area contributed by atoms with Gasteiger partial charge in [-0.2, -0.15) is 0 Å². The predicted molar refractivity (Wildman–Crippen MR) is 44.3 cm³/mol. The van der Waals surface area contributed by atoms with Gasteiger partial charge < -0.3 is 9.84 Å². The molecule has 1 aliphatic heterocycles. The van der Waals surface area contributed by atoms with E-state index in [1.54, 1.807) is 0 Å². The van der Waals surface area contributed by atoms with Crippen LogP contribution in [0.25, 0.3) is 0 Å². The van der Waals surface area contributed by atoms with Crippen LogP contribution in [-0.2, 0) is 19.1 Å². The normalized spacial score (nSPS) is 17.6. The van der Waals surface area contributed by atoms with Gasteiger partial charge >= 0.3 is 5.97 Å². The van der Waals surface area contributed by atoms with Crippen LogP contribution in [0.4, 0.5) is 0 Å². The highest BCUT2D eigenvalue weighted by Gasteiger charge is 2.35. The fourth-order valence-corrected chi connectivity index (χ4v) is 1.13. The van der Waals surface area contributed by atoms with Gasteiger partial charge in [0.15, 0.2) is 6.04 Å². The van der Waals surface area contributed by atoms with Crippen molar-refractivity contribution in [1.82, 2.24) is 4.90 Å². The first-order chi connectivity index (χ1) is 6.57. The summed E-state index contributed by atoms with van der Waals surface area (Å²) in [6.07, 6.45) is 2.07. The van der Waals surface area contributed by atoms with Gasteiger partial charge in [-0.15, -0.1) is 0 Å². The van der Waals surface area contributed by atoms with Crippen molar-refractivity contribution in [2.75, 3.05) is 13.7 Å². The molecule has 0 spiro atoms. The number of carbonyl (C=O) groups is 3. The molecule has 1 N–H and O–H groups in total. The van der Waals surface area contributed by atoms with Crippen LogP contribution < -0.4 is 0 Å². The van der Waals surface area contributed by atoms with Crippen LogP contribution in [0.15, 0.2) is 12.2 Å². The highest BCUT2D eigenvalue weighted by atomic mass is 16.5. The molecule has 0 saturated heterocycles. The van der Waals surface area contributed by atoms with Gasteiger partial charge in [0.1, 0.15) is 0 Å². The summed E-state index contributed by atoms with van der Waals surface area (Å²) in [6, 6.07) is -1.25. The largest absolute Gasteiger partial charge is 0.480 e. The second-order valence-corrected chi connectivity index (χ2v) is 2.69. The average Bonchev–Trinajstić information content (AvgIpc) is 2.43. The first-order valence-electron chi connectivity index (χ1n) is 3.85. The summed E-state index contributed by atoms with van der Waals surface area (Å²) in [4.78, 5) is 33.6. The summed E-state index contributed by atoms with van der Waals surface area (Å²) in [5, 5.41) is 8.75. The predicted octanol–water partition coefficient (Wildman–Crippen LogP) is -0.989. The summed E-state index contributed by atoms with van der Waals surface area (Å²) in [6.45, 7) is -0.214. The molecule has 1 atom stereocenters.